The normalized spacial score (nSPS) is 12.1. The Morgan fingerprint density at radius 2 is 1.13 bits per heavy atom. The van der Waals surface area contributed by atoms with Gasteiger partial charge in [0.25, 0.3) is 0 Å². The number of benzene rings is 1. The molecule has 78 valence electrons. The van der Waals surface area contributed by atoms with Gasteiger partial charge in [0.1, 0.15) is 0 Å². The average molecular weight is 252 g/mol. The number of hydrogen-bond donors (Lipinski definition) is 0. The molecule has 0 aliphatic carbocycles. The molecule has 0 aliphatic rings. The summed E-state index contributed by atoms with van der Waals surface area (Å²) in [6, 6.07) is 3.04. The Morgan fingerprint density at radius 3 is 1.40 bits per heavy atom. The SMILES string of the molecule is FC(F)(F)c1[c-]c(C(F)(F)F)ccc1.[K+]. The molecule has 0 fully saturated rings. The molecule has 0 heterocycles. The summed E-state index contributed by atoms with van der Waals surface area (Å²) in [5.74, 6) is 0. The third-order valence-electron chi connectivity index (χ3n) is 1.41. The van der Waals surface area contributed by atoms with Gasteiger partial charge in [0.15, 0.2) is 0 Å². The fourth-order valence-corrected chi connectivity index (χ4v) is 0.800. The summed E-state index contributed by atoms with van der Waals surface area (Å²) in [5, 5.41) is 0. The van der Waals surface area contributed by atoms with Crippen LogP contribution in [0.15, 0.2) is 18.2 Å². The van der Waals surface area contributed by atoms with Crippen LogP contribution in [0.3, 0.4) is 0 Å². The van der Waals surface area contributed by atoms with Gasteiger partial charge in [-0.05, 0) is 0 Å². The van der Waals surface area contributed by atoms with Gasteiger partial charge in [0, 0.05) is 0 Å². The molecule has 0 unspecified atom stereocenters. The minimum atomic E-state index is -4.80. The summed E-state index contributed by atoms with van der Waals surface area (Å²) in [7, 11) is 0. The molecule has 0 N–H and O–H groups in total. The van der Waals surface area contributed by atoms with Gasteiger partial charge in [0.2, 0.25) is 0 Å². The zero-order valence-corrected chi connectivity index (χ0v) is 10.6. The second-order valence-corrected chi connectivity index (χ2v) is 2.47. The molecule has 0 saturated carbocycles. The van der Waals surface area contributed by atoms with E-state index in [2.05, 4.69) is 0 Å². The molecule has 0 aromatic heterocycles. The summed E-state index contributed by atoms with van der Waals surface area (Å²) in [6.45, 7) is 0. The molecule has 7 heteroatoms. The van der Waals surface area contributed by atoms with Crippen LogP contribution in [0.2, 0.25) is 0 Å². The van der Waals surface area contributed by atoms with Crippen molar-refractivity contribution in [1.29, 1.82) is 0 Å². The van der Waals surface area contributed by atoms with Crippen LogP contribution in [-0.4, -0.2) is 0 Å². The summed E-state index contributed by atoms with van der Waals surface area (Å²) in [6.07, 6.45) is -9.61. The van der Waals surface area contributed by atoms with Crippen LogP contribution in [0.4, 0.5) is 26.3 Å². The molecule has 1 aromatic carbocycles. The van der Waals surface area contributed by atoms with Crippen molar-refractivity contribution in [3.05, 3.63) is 35.4 Å². The zero-order valence-electron chi connectivity index (χ0n) is 7.50. The number of rotatable bonds is 0. The van der Waals surface area contributed by atoms with E-state index in [0.29, 0.717) is 18.2 Å². The Hall–Kier alpha value is 0.436. The van der Waals surface area contributed by atoms with E-state index in [0.717, 1.165) is 0 Å². The van der Waals surface area contributed by atoms with E-state index in [1.807, 2.05) is 0 Å². The maximum atomic E-state index is 12.0. The predicted octanol–water partition coefficient (Wildman–Crippen LogP) is 0.528. The first-order valence-electron chi connectivity index (χ1n) is 3.38. The largest absolute Gasteiger partial charge is 1.00 e. The van der Waals surface area contributed by atoms with Crippen LogP contribution < -0.4 is 51.4 Å². The van der Waals surface area contributed by atoms with Gasteiger partial charge < -0.3 is 0 Å². The summed E-state index contributed by atoms with van der Waals surface area (Å²) in [5.41, 5.74) is -2.85. The molecule has 0 spiro atoms. The van der Waals surface area contributed by atoms with E-state index >= 15 is 0 Å². The van der Waals surface area contributed by atoms with Gasteiger partial charge in [-0.25, -0.2) is 0 Å². The van der Waals surface area contributed by atoms with Crippen LogP contribution in [0.25, 0.3) is 0 Å². The van der Waals surface area contributed by atoms with E-state index in [1.165, 1.54) is 6.07 Å². The van der Waals surface area contributed by atoms with Gasteiger partial charge >= 0.3 is 63.7 Å². The predicted molar refractivity (Wildman–Crippen MR) is 35.3 cm³/mol. The Kier molecular flexibility index (Phi) is 5.33. The van der Waals surface area contributed by atoms with Gasteiger partial charge in [-0.2, -0.15) is 50.6 Å². The maximum Gasteiger partial charge on any atom is 1.00 e. The van der Waals surface area contributed by atoms with Crippen LogP contribution in [-0.2, 0) is 12.4 Å². The first-order valence-corrected chi connectivity index (χ1v) is 3.38. The molecular formula is C8H3F6K. The quantitative estimate of drug-likeness (QED) is 0.359. The van der Waals surface area contributed by atoms with Crippen molar-refractivity contribution in [1.82, 2.24) is 0 Å². The molecule has 0 saturated heterocycles. The number of halogens is 6. The van der Waals surface area contributed by atoms with Crippen molar-refractivity contribution >= 4 is 0 Å². The minimum absolute atomic E-state index is 0. The van der Waals surface area contributed by atoms with Crippen molar-refractivity contribution in [2.45, 2.75) is 12.4 Å². The Balaban J connectivity index is 0.00000196. The molecule has 0 aliphatic heterocycles. The maximum absolute atomic E-state index is 12.0. The van der Waals surface area contributed by atoms with E-state index in [-0.39, 0.29) is 51.4 Å². The van der Waals surface area contributed by atoms with Crippen LogP contribution in [0.1, 0.15) is 11.1 Å². The topological polar surface area (TPSA) is 0 Å². The molecule has 0 radical (unpaired) electrons. The van der Waals surface area contributed by atoms with E-state index < -0.39 is 23.5 Å². The molecule has 1 aromatic rings. The molecule has 0 bridgehead atoms. The van der Waals surface area contributed by atoms with E-state index in [9.17, 15) is 26.3 Å². The van der Waals surface area contributed by atoms with Gasteiger partial charge in [-0.15, -0.1) is 0 Å². The first-order chi connectivity index (χ1) is 6.21. The van der Waals surface area contributed by atoms with Gasteiger partial charge in [0.05, 0.1) is 0 Å². The van der Waals surface area contributed by atoms with Crippen molar-refractivity contribution in [3.63, 3.8) is 0 Å². The Bertz CT molecular complexity index is 297. The summed E-state index contributed by atoms with van der Waals surface area (Å²) >= 11 is 0. The standard InChI is InChI=1S/C8H3F6.K/c9-7(10,11)5-2-1-3-6(4-5)8(12,13)14;/h1-3H;/q-1;+1. The van der Waals surface area contributed by atoms with Crippen molar-refractivity contribution in [2.75, 3.05) is 0 Å². The second-order valence-electron chi connectivity index (χ2n) is 2.47. The molecule has 1 rings (SSSR count). The molecule has 0 nitrogen and oxygen atoms in total. The molecular weight excluding hydrogens is 249 g/mol. The van der Waals surface area contributed by atoms with E-state index in [4.69, 9.17) is 0 Å². The fourth-order valence-electron chi connectivity index (χ4n) is 0.800. The van der Waals surface area contributed by atoms with Gasteiger partial charge in [-0.3, -0.25) is 0 Å². The number of hydrogen-bond acceptors (Lipinski definition) is 0. The average Bonchev–Trinajstić information content (AvgIpc) is 2.01. The van der Waals surface area contributed by atoms with Gasteiger partial charge in [-0.1, -0.05) is 11.1 Å². The third-order valence-corrected chi connectivity index (χ3v) is 1.41. The zero-order chi connectivity index (χ0) is 11.0. The van der Waals surface area contributed by atoms with Crippen LogP contribution in [0, 0.1) is 6.07 Å². The van der Waals surface area contributed by atoms with Crippen LogP contribution in [0.5, 0.6) is 0 Å². The van der Waals surface area contributed by atoms with Crippen LogP contribution >= 0.6 is 0 Å². The molecule has 0 amide bonds. The summed E-state index contributed by atoms with van der Waals surface area (Å²) < 4.78 is 71.7. The molecule has 0 atom stereocenters. The minimum Gasteiger partial charge on any atom is -0.171 e. The van der Waals surface area contributed by atoms with Crippen molar-refractivity contribution in [3.8, 4) is 0 Å². The van der Waals surface area contributed by atoms with E-state index in [1.54, 1.807) is 0 Å². The fraction of sp³-hybridized carbons (Fsp3) is 0.250. The van der Waals surface area contributed by atoms with Crippen molar-refractivity contribution in [2.24, 2.45) is 0 Å². The smallest absolute Gasteiger partial charge is 0.171 e. The Morgan fingerprint density at radius 1 is 0.800 bits per heavy atom. The molecule has 15 heavy (non-hydrogen) atoms. The third kappa shape index (κ3) is 4.44. The van der Waals surface area contributed by atoms with Crippen molar-refractivity contribution < 1.29 is 77.7 Å². The first kappa shape index (κ1) is 15.4. The second kappa shape index (κ2) is 5.18. The summed E-state index contributed by atoms with van der Waals surface area (Å²) in [4.78, 5) is 0. The monoisotopic (exact) mass is 252 g/mol. The number of alkyl halides is 6. The Labute approximate surface area is 124 Å².